The summed E-state index contributed by atoms with van der Waals surface area (Å²) in [6.07, 6.45) is 5.95. The maximum atomic E-state index is 5.44. The summed E-state index contributed by atoms with van der Waals surface area (Å²) in [6.45, 7) is 3.39. The van der Waals surface area contributed by atoms with E-state index in [1.165, 1.54) is 24.1 Å². The smallest absolute Gasteiger partial charge is 0.229 e. The molecule has 3 heterocycles. The zero-order valence-corrected chi connectivity index (χ0v) is 18.2. The third-order valence-corrected chi connectivity index (χ3v) is 6.14. The lowest BCUT2D eigenvalue weighted by Gasteiger charge is -2.28. The van der Waals surface area contributed by atoms with Crippen molar-refractivity contribution in [3.8, 4) is 0 Å². The van der Waals surface area contributed by atoms with Crippen LogP contribution in [0.1, 0.15) is 24.3 Å². The maximum absolute atomic E-state index is 5.44. The lowest BCUT2D eigenvalue weighted by atomic mass is 10.1. The lowest BCUT2D eigenvalue weighted by molar-refractivity contribution is 0.122. The molecule has 8 heteroatoms. The largest absolute Gasteiger partial charge is 0.378 e. The average Bonchev–Trinajstić information content (AvgIpc) is 3.71. The molecule has 0 radical (unpaired) electrons. The van der Waals surface area contributed by atoms with Gasteiger partial charge >= 0.3 is 0 Å². The molecule has 2 fully saturated rings. The maximum Gasteiger partial charge on any atom is 0.229 e. The minimum atomic E-state index is 0.532. The van der Waals surface area contributed by atoms with Crippen LogP contribution in [0, 0.1) is 0 Å². The van der Waals surface area contributed by atoms with E-state index in [1.807, 2.05) is 18.2 Å². The topological polar surface area (TPSA) is 88.1 Å². The molecule has 0 spiro atoms. The summed E-state index contributed by atoms with van der Waals surface area (Å²) in [4.78, 5) is 11.4. The first-order valence-electron chi connectivity index (χ1n) is 11.4. The predicted octanol–water partition coefficient (Wildman–Crippen LogP) is 4.62. The molecular formula is C25H25N7O. The molecule has 1 saturated carbocycles. The van der Waals surface area contributed by atoms with Gasteiger partial charge in [0.15, 0.2) is 0 Å². The highest BCUT2D eigenvalue weighted by Crippen LogP contribution is 2.43. The minimum absolute atomic E-state index is 0.532. The SMILES string of the molecule is c1cc(C2CC2)c2nncc(Nc3ccnc(Nc4ccc(N5CCOCC5)cc4)n3)c2c1. The number of rotatable bonds is 6. The zero-order chi connectivity index (χ0) is 22.0. The summed E-state index contributed by atoms with van der Waals surface area (Å²) in [6, 6.07) is 16.5. The Morgan fingerprint density at radius 3 is 2.61 bits per heavy atom. The van der Waals surface area contributed by atoms with Gasteiger partial charge in [0, 0.05) is 36.0 Å². The van der Waals surface area contributed by atoms with E-state index in [0.29, 0.717) is 17.7 Å². The van der Waals surface area contributed by atoms with E-state index >= 15 is 0 Å². The molecule has 6 rings (SSSR count). The van der Waals surface area contributed by atoms with Crippen LogP contribution in [0.5, 0.6) is 0 Å². The Morgan fingerprint density at radius 1 is 0.939 bits per heavy atom. The number of aromatic nitrogens is 4. The molecule has 2 aromatic heterocycles. The molecule has 0 bridgehead atoms. The summed E-state index contributed by atoms with van der Waals surface area (Å²) in [5, 5.41) is 16.4. The van der Waals surface area contributed by atoms with Crippen LogP contribution in [-0.4, -0.2) is 46.5 Å². The molecule has 4 aromatic rings. The lowest BCUT2D eigenvalue weighted by Crippen LogP contribution is -2.36. The van der Waals surface area contributed by atoms with Crippen molar-refractivity contribution >= 4 is 39.7 Å². The quantitative estimate of drug-likeness (QED) is 0.450. The highest BCUT2D eigenvalue weighted by atomic mass is 16.5. The van der Waals surface area contributed by atoms with Gasteiger partial charge in [0.25, 0.3) is 0 Å². The number of anilines is 5. The molecule has 2 aliphatic rings. The number of morpholine rings is 1. The van der Waals surface area contributed by atoms with Crippen molar-refractivity contribution < 1.29 is 4.74 Å². The molecule has 2 N–H and O–H groups in total. The van der Waals surface area contributed by atoms with Crippen LogP contribution in [0.3, 0.4) is 0 Å². The number of hydrogen-bond donors (Lipinski definition) is 2. The summed E-state index contributed by atoms with van der Waals surface area (Å²) < 4.78 is 5.44. The van der Waals surface area contributed by atoms with Crippen LogP contribution < -0.4 is 15.5 Å². The number of fused-ring (bicyclic) bond motifs is 1. The van der Waals surface area contributed by atoms with E-state index in [2.05, 4.69) is 66.0 Å². The van der Waals surface area contributed by atoms with Crippen LogP contribution in [0.2, 0.25) is 0 Å². The van der Waals surface area contributed by atoms with Crippen molar-refractivity contribution in [2.75, 3.05) is 41.8 Å². The van der Waals surface area contributed by atoms with Crippen LogP contribution in [0.4, 0.5) is 28.8 Å². The molecule has 166 valence electrons. The molecule has 1 aliphatic heterocycles. The van der Waals surface area contributed by atoms with Gasteiger partial charge in [-0.2, -0.15) is 15.2 Å². The normalized spacial score (nSPS) is 16.1. The summed E-state index contributed by atoms with van der Waals surface area (Å²) in [5.74, 6) is 1.84. The third-order valence-electron chi connectivity index (χ3n) is 6.14. The molecular weight excluding hydrogens is 414 g/mol. The van der Waals surface area contributed by atoms with Crippen molar-refractivity contribution in [3.63, 3.8) is 0 Å². The van der Waals surface area contributed by atoms with E-state index < -0.39 is 0 Å². The van der Waals surface area contributed by atoms with Gasteiger partial charge in [-0.15, -0.1) is 0 Å². The first kappa shape index (κ1) is 19.9. The third kappa shape index (κ3) is 4.29. The number of ether oxygens (including phenoxy) is 1. The van der Waals surface area contributed by atoms with Gasteiger partial charge in [-0.3, -0.25) is 0 Å². The second-order valence-electron chi connectivity index (χ2n) is 8.44. The average molecular weight is 440 g/mol. The minimum Gasteiger partial charge on any atom is -0.378 e. The number of nitrogens with one attached hydrogen (secondary N) is 2. The second kappa shape index (κ2) is 8.63. The van der Waals surface area contributed by atoms with Gasteiger partial charge in [-0.05, 0) is 54.7 Å². The van der Waals surface area contributed by atoms with Gasteiger partial charge in [-0.25, -0.2) is 4.98 Å². The molecule has 2 aromatic carbocycles. The molecule has 1 aliphatic carbocycles. The number of hydrogen-bond acceptors (Lipinski definition) is 8. The van der Waals surface area contributed by atoms with Gasteiger partial charge in [0.2, 0.25) is 5.95 Å². The van der Waals surface area contributed by atoms with E-state index in [4.69, 9.17) is 4.74 Å². The highest BCUT2D eigenvalue weighted by molar-refractivity contribution is 5.94. The zero-order valence-electron chi connectivity index (χ0n) is 18.2. The van der Waals surface area contributed by atoms with Crippen LogP contribution in [0.15, 0.2) is 60.9 Å². The Balaban J connectivity index is 1.20. The molecule has 0 atom stereocenters. The van der Waals surface area contributed by atoms with Gasteiger partial charge in [0.05, 0.1) is 30.6 Å². The Morgan fingerprint density at radius 2 is 1.79 bits per heavy atom. The summed E-state index contributed by atoms with van der Waals surface area (Å²) in [5.41, 5.74) is 5.28. The number of nitrogens with zero attached hydrogens (tertiary/aromatic N) is 5. The summed E-state index contributed by atoms with van der Waals surface area (Å²) in [7, 11) is 0. The monoisotopic (exact) mass is 439 g/mol. The van der Waals surface area contributed by atoms with E-state index in [9.17, 15) is 0 Å². The van der Waals surface area contributed by atoms with Crippen molar-refractivity contribution in [1.29, 1.82) is 0 Å². The molecule has 0 amide bonds. The number of benzene rings is 2. The van der Waals surface area contributed by atoms with E-state index in [0.717, 1.165) is 48.6 Å². The van der Waals surface area contributed by atoms with Gasteiger partial charge in [-0.1, -0.05) is 18.2 Å². The van der Waals surface area contributed by atoms with Crippen molar-refractivity contribution in [2.24, 2.45) is 0 Å². The first-order chi connectivity index (χ1) is 16.3. The highest BCUT2D eigenvalue weighted by Gasteiger charge is 2.26. The standard InChI is InChI=1S/C25H25N7O/c1-2-20(17-4-5-17)24-21(3-1)22(16-27-31-24)29-23-10-11-26-25(30-23)28-18-6-8-19(9-7-18)32-12-14-33-15-13-32/h1-3,6-11,16-17H,4-5,12-15H2,(H2,26,28,29,30,31). The molecule has 33 heavy (non-hydrogen) atoms. The fraction of sp³-hybridized carbons (Fsp3) is 0.280. The Bertz CT molecular complexity index is 1270. The van der Waals surface area contributed by atoms with Crippen LogP contribution in [-0.2, 0) is 4.74 Å². The van der Waals surface area contributed by atoms with Crippen molar-refractivity contribution in [3.05, 3.63) is 66.5 Å². The Labute approximate surface area is 192 Å². The fourth-order valence-electron chi connectivity index (χ4n) is 4.26. The first-order valence-corrected chi connectivity index (χ1v) is 11.4. The molecule has 1 saturated heterocycles. The molecule has 8 nitrogen and oxygen atoms in total. The predicted molar refractivity (Wildman–Crippen MR) is 130 cm³/mol. The Kier molecular flexibility index (Phi) is 5.20. The van der Waals surface area contributed by atoms with Crippen LogP contribution >= 0.6 is 0 Å². The van der Waals surface area contributed by atoms with E-state index in [-0.39, 0.29) is 0 Å². The van der Waals surface area contributed by atoms with Gasteiger partial charge in [0.1, 0.15) is 5.82 Å². The summed E-state index contributed by atoms with van der Waals surface area (Å²) >= 11 is 0. The van der Waals surface area contributed by atoms with Crippen LogP contribution in [0.25, 0.3) is 10.9 Å². The Hall–Kier alpha value is -3.78. The fourth-order valence-corrected chi connectivity index (χ4v) is 4.26. The van der Waals surface area contributed by atoms with Crippen molar-refractivity contribution in [1.82, 2.24) is 20.2 Å². The molecule has 0 unspecified atom stereocenters. The van der Waals surface area contributed by atoms with E-state index in [1.54, 1.807) is 12.4 Å². The van der Waals surface area contributed by atoms with Gasteiger partial charge < -0.3 is 20.3 Å². The second-order valence-corrected chi connectivity index (χ2v) is 8.44. The van der Waals surface area contributed by atoms with Crippen molar-refractivity contribution in [2.45, 2.75) is 18.8 Å².